The van der Waals surface area contributed by atoms with Crippen LogP contribution in [0.15, 0.2) is 16.6 Å². The fourth-order valence-corrected chi connectivity index (χ4v) is 1.88. The van der Waals surface area contributed by atoms with Gasteiger partial charge in [-0.05, 0) is 12.1 Å². The maximum absolute atomic E-state index is 11.5. The summed E-state index contributed by atoms with van der Waals surface area (Å²) in [6, 6.07) is 5.35. The molecule has 0 radical (unpaired) electrons. The molecule has 0 N–H and O–H groups in total. The molecular formula is C10H6BrNO2. The van der Waals surface area contributed by atoms with E-state index in [1.807, 2.05) is 6.07 Å². The van der Waals surface area contributed by atoms with Crippen molar-refractivity contribution >= 4 is 21.7 Å². The molecule has 1 aromatic carbocycles. The van der Waals surface area contributed by atoms with Gasteiger partial charge in [-0.2, -0.15) is 5.26 Å². The highest BCUT2D eigenvalue weighted by molar-refractivity contribution is 9.10. The summed E-state index contributed by atoms with van der Waals surface area (Å²) in [6.45, 7) is 0.363. The number of hydrogen-bond acceptors (Lipinski definition) is 3. The number of carbonyl (C=O) groups is 1. The Morgan fingerprint density at radius 2 is 2.29 bits per heavy atom. The number of benzene rings is 1. The molecule has 0 saturated carbocycles. The average molecular weight is 252 g/mol. The lowest BCUT2D eigenvalue weighted by Gasteiger charge is -2.17. The number of fused-ring (bicyclic) bond motifs is 1. The van der Waals surface area contributed by atoms with Gasteiger partial charge in [0.2, 0.25) is 0 Å². The van der Waals surface area contributed by atoms with Crippen LogP contribution in [0.25, 0.3) is 0 Å². The maximum Gasteiger partial charge on any atom is 0.170 e. The summed E-state index contributed by atoms with van der Waals surface area (Å²) in [5, 5.41) is 8.84. The van der Waals surface area contributed by atoms with Gasteiger partial charge in [0, 0.05) is 10.9 Å². The molecular weight excluding hydrogens is 246 g/mol. The van der Waals surface area contributed by atoms with Crippen molar-refractivity contribution in [2.45, 2.75) is 6.42 Å². The molecule has 4 heteroatoms. The summed E-state index contributed by atoms with van der Waals surface area (Å²) in [4.78, 5) is 11.5. The second kappa shape index (κ2) is 3.43. The van der Waals surface area contributed by atoms with Gasteiger partial charge in [-0.1, -0.05) is 15.9 Å². The highest BCUT2D eigenvalue weighted by Gasteiger charge is 2.21. The quantitative estimate of drug-likeness (QED) is 0.711. The van der Waals surface area contributed by atoms with E-state index in [-0.39, 0.29) is 5.78 Å². The molecule has 0 fully saturated rings. The molecule has 3 nitrogen and oxygen atoms in total. The van der Waals surface area contributed by atoms with Crippen molar-refractivity contribution in [3.05, 3.63) is 27.7 Å². The molecule has 70 valence electrons. The fraction of sp³-hybridized carbons (Fsp3) is 0.200. The van der Waals surface area contributed by atoms with Crippen LogP contribution in [0.2, 0.25) is 0 Å². The number of carbonyl (C=O) groups excluding carboxylic acids is 1. The highest BCUT2D eigenvalue weighted by Crippen LogP contribution is 2.31. The van der Waals surface area contributed by atoms with E-state index >= 15 is 0 Å². The standard InChI is InChI=1S/C10H6BrNO2/c11-7-3-6(5-12)10-8(4-7)9(13)1-2-14-10/h3-4H,1-2H2. The Bertz CT molecular complexity index is 448. The van der Waals surface area contributed by atoms with Crippen LogP contribution in [0.3, 0.4) is 0 Å². The lowest BCUT2D eigenvalue weighted by Crippen LogP contribution is -2.16. The van der Waals surface area contributed by atoms with Gasteiger partial charge in [-0.15, -0.1) is 0 Å². The Kier molecular flexibility index (Phi) is 2.26. The number of halogens is 1. The Balaban J connectivity index is 2.68. The van der Waals surface area contributed by atoms with Crippen molar-refractivity contribution < 1.29 is 9.53 Å². The first kappa shape index (κ1) is 9.22. The van der Waals surface area contributed by atoms with E-state index in [1.165, 1.54) is 0 Å². The largest absolute Gasteiger partial charge is 0.491 e. The molecule has 0 aliphatic carbocycles. The molecule has 1 aromatic rings. The monoisotopic (exact) mass is 251 g/mol. The molecule has 1 aliphatic heterocycles. The fourth-order valence-electron chi connectivity index (χ4n) is 1.42. The average Bonchev–Trinajstić information content (AvgIpc) is 2.18. The van der Waals surface area contributed by atoms with Crippen LogP contribution in [0, 0.1) is 11.3 Å². The first-order valence-corrected chi connectivity index (χ1v) is 4.91. The van der Waals surface area contributed by atoms with Gasteiger partial charge in [0.1, 0.15) is 11.8 Å². The van der Waals surface area contributed by atoms with Crippen molar-refractivity contribution in [2.75, 3.05) is 6.61 Å². The van der Waals surface area contributed by atoms with Gasteiger partial charge in [0.25, 0.3) is 0 Å². The Hall–Kier alpha value is -1.34. The second-order valence-electron chi connectivity index (χ2n) is 2.96. The molecule has 1 aliphatic rings. The molecule has 0 aromatic heterocycles. The van der Waals surface area contributed by atoms with Crippen molar-refractivity contribution in [1.82, 2.24) is 0 Å². The van der Waals surface area contributed by atoms with Crippen LogP contribution in [-0.4, -0.2) is 12.4 Å². The Morgan fingerprint density at radius 3 is 3.00 bits per heavy atom. The molecule has 0 spiro atoms. The van der Waals surface area contributed by atoms with Gasteiger partial charge < -0.3 is 4.74 Å². The molecule has 0 unspecified atom stereocenters. The normalized spacial score (nSPS) is 14.1. The zero-order valence-electron chi connectivity index (χ0n) is 7.21. The number of Topliss-reactive ketones (excluding diaryl/α,β-unsaturated/α-hetero) is 1. The van der Waals surface area contributed by atoms with E-state index in [9.17, 15) is 4.79 Å². The van der Waals surface area contributed by atoms with Crippen molar-refractivity contribution in [2.24, 2.45) is 0 Å². The number of rotatable bonds is 0. The highest BCUT2D eigenvalue weighted by atomic mass is 79.9. The van der Waals surface area contributed by atoms with Gasteiger partial charge in [-0.3, -0.25) is 4.79 Å². The Labute approximate surface area is 89.4 Å². The topological polar surface area (TPSA) is 50.1 Å². The van der Waals surface area contributed by atoms with Gasteiger partial charge >= 0.3 is 0 Å². The van der Waals surface area contributed by atoms with E-state index in [0.29, 0.717) is 29.9 Å². The molecule has 14 heavy (non-hydrogen) atoms. The number of ketones is 1. The molecule has 2 rings (SSSR count). The Morgan fingerprint density at radius 1 is 1.50 bits per heavy atom. The van der Waals surface area contributed by atoms with Crippen LogP contribution in [0.1, 0.15) is 22.3 Å². The van der Waals surface area contributed by atoms with Crippen molar-refractivity contribution in [3.63, 3.8) is 0 Å². The predicted molar refractivity (Wildman–Crippen MR) is 53.3 cm³/mol. The van der Waals surface area contributed by atoms with Gasteiger partial charge in [0.05, 0.1) is 17.7 Å². The summed E-state index contributed by atoms with van der Waals surface area (Å²) in [5.41, 5.74) is 0.907. The summed E-state index contributed by atoms with van der Waals surface area (Å²) < 4.78 is 6.04. The number of nitriles is 1. The van der Waals surface area contributed by atoms with Crippen molar-refractivity contribution in [1.29, 1.82) is 5.26 Å². The summed E-state index contributed by atoms with van der Waals surface area (Å²) in [5.74, 6) is 0.455. The minimum atomic E-state index is 0.0315. The van der Waals surface area contributed by atoms with Crippen LogP contribution in [0.5, 0.6) is 5.75 Å². The second-order valence-corrected chi connectivity index (χ2v) is 3.88. The van der Waals surface area contributed by atoms with E-state index < -0.39 is 0 Å². The number of hydrogen-bond donors (Lipinski definition) is 0. The third-order valence-electron chi connectivity index (χ3n) is 2.05. The summed E-state index contributed by atoms with van der Waals surface area (Å²) >= 11 is 3.25. The minimum Gasteiger partial charge on any atom is -0.491 e. The van der Waals surface area contributed by atoms with Crippen molar-refractivity contribution in [3.8, 4) is 11.8 Å². The van der Waals surface area contributed by atoms with E-state index in [0.717, 1.165) is 4.47 Å². The van der Waals surface area contributed by atoms with Crippen LogP contribution in [0.4, 0.5) is 0 Å². The lowest BCUT2D eigenvalue weighted by atomic mass is 10.0. The first-order chi connectivity index (χ1) is 6.72. The SMILES string of the molecule is N#Cc1cc(Br)cc2c1OCCC2=O. The zero-order valence-corrected chi connectivity index (χ0v) is 8.80. The summed E-state index contributed by atoms with van der Waals surface area (Å²) in [7, 11) is 0. The third kappa shape index (κ3) is 1.40. The van der Waals surface area contributed by atoms with Crippen LogP contribution < -0.4 is 4.74 Å². The zero-order chi connectivity index (χ0) is 10.1. The molecule has 0 saturated heterocycles. The first-order valence-electron chi connectivity index (χ1n) is 4.12. The van der Waals surface area contributed by atoms with Crippen LogP contribution in [-0.2, 0) is 0 Å². The van der Waals surface area contributed by atoms with Gasteiger partial charge in [-0.25, -0.2) is 0 Å². The van der Waals surface area contributed by atoms with E-state index in [1.54, 1.807) is 12.1 Å². The predicted octanol–water partition coefficient (Wildman–Crippen LogP) is 2.29. The van der Waals surface area contributed by atoms with E-state index in [2.05, 4.69) is 15.9 Å². The minimum absolute atomic E-state index is 0.0315. The smallest absolute Gasteiger partial charge is 0.170 e. The molecule has 0 atom stereocenters. The molecule has 0 bridgehead atoms. The number of ether oxygens (including phenoxy) is 1. The maximum atomic E-state index is 11.5. The summed E-state index contributed by atoms with van der Waals surface area (Å²) in [6.07, 6.45) is 0.383. The number of nitrogens with zero attached hydrogens (tertiary/aromatic N) is 1. The third-order valence-corrected chi connectivity index (χ3v) is 2.51. The molecule has 1 heterocycles. The van der Waals surface area contributed by atoms with E-state index in [4.69, 9.17) is 10.00 Å². The van der Waals surface area contributed by atoms with Gasteiger partial charge in [0.15, 0.2) is 5.78 Å². The van der Waals surface area contributed by atoms with Crippen LogP contribution >= 0.6 is 15.9 Å². The lowest BCUT2D eigenvalue weighted by molar-refractivity contribution is 0.0933. The molecule has 0 amide bonds.